The molecule has 0 atom stereocenters. The minimum absolute atomic E-state index is 0.0681. The number of nitrogens with two attached hydrogens (primary N) is 2. The Morgan fingerprint density at radius 3 is 2.00 bits per heavy atom. The lowest BCUT2D eigenvalue weighted by Crippen LogP contribution is -2.25. The Bertz CT molecular complexity index is 278. The van der Waals surface area contributed by atoms with Crippen molar-refractivity contribution in [1.82, 2.24) is 0 Å². The standard InChI is InChI=1S/C10H14F2N2/c11-9-2-1-3-10(12)8(9)4-7(5-13)6-14/h1-3,7H,4-6,13-14H2. The van der Waals surface area contributed by atoms with E-state index in [2.05, 4.69) is 0 Å². The molecule has 0 heterocycles. The van der Waals surface area contributed by atoms with Crippen molar-refractivity contribution in [2.24, 2.45) is 17.4 Å². The third kappa shape index (κ3) is 2.49. The van der Waals surface area contributed by atoms with Crippen LogP contribution >= 0.6 is 0 Å². The molecule has 0 saturated carbocycles. The fourth-order valence-electron chi connectivity index (χ4n) is 1.28. The zero-order valence-corrected chi connectivity index (χ0v) is 7.84. The molecule has 4 N–H and O–H groups in total. The van der Waals surface area contributed by atoms with Crippen LogP contribution in [0, 0.1) is 17.6 Å². The molecule has 2 nitrogen and oxygen atoms in total. The molecular weight excluding hydrogens is 186 g/mol. The topological polar surface area (TPSA) is 52.0 Å². The van der Waals surface area contributed by atoms with Gasteiger partial charge in [-0.15, -0.1) is 0 Å². The first-order valence-corrected chi connectivity index (χ1v) is 4.52. The molecular formula is C10H14F2N2. The Labute approximate surface area is 81.9 Å². The van der Waals surface area contributed by atoms with E-state index in [1.165, 1.54) is 18.2 Å². The number of hydrogen-bond donors (Lipinski definition) is 2. The molecule has 0 saturated heterocycles. The van der Waals surface area contributed by atoms with Crippen molar-refractivity contribution in [3.63, 3.8) is 0 Å². The van der Waals surface area contributed by atoms with Gasteiger partial charge in [0, 0.05) is 5.56 Å². The summed E-state index contributed by atoms with van der Waals surface area (Å²) in [5.41, 5.74) is 10.9. The van der Waals surface area contributed by atoms with E-state index >= 15 is 0 Å². The summed E-state index contributed by atoms with van der Waals surface area (Å²) in [5, 5.41) is 0. The zero-order valence-electron chi connectivity index (χ0n) is 7.84. The van der Waals surface area contributed by atoms with Crippen molar-refractivity contribution < 1.29 is 8.78 Å². The largest absolute Gasteiger partial charge is 0.330 e. The van der Waals surface area contributed by atoms with Gasteiger partial charge < -0.3 is 11.5 Å². The maximum Gasteiger partial charge on any atom is 0.129 e. The highest BCUT2D eigenvalue weighted by Crippen LogP contribution is 2.15. The summed E-state index contributed by atoms with van der Waals surface area (Å²) in [4.78, 5) is 0. The molecule has 0 aliphatic rings. The Morgan fingerprint density at radius 2 is 1.57 bits per heavy atom. The fourth-order valence-corrected chi connectivity index (χ4v) is 1.28. The van der Waals surface area contributed by atoms with Gasteiger partial charge in [0.2, 0.25) is 0 Å². The van der Waals surface area contributed by atoms with Crippen LogP contribution in [0.25, 0.3) is 0 Å². The van der Waals surface area contributed by atoms with Crippen LogP contribution in [0.3, 0.4) is 0 Å². The van der Waals surface area contributed by atoms with Gasteiger partial charge in [-0.3, -0.25) is 0 Å². The van der Waals surface area contributed by atoms with Crippen LogP contribution in [0.1, 0.15) is 5.56 Å². The summed E-state index contributed by atoms with van der Waals surface area (Å²) in [7, 11) is 0. The van der Waals surface area contributed by atoms with Crippen LogP contribution in [0.5, 0.6) is 0 Å². The van der Waals surface area contributed by atoms with Gasteiger partial charge in [0.05, 0.1) is 0 Å². The second kappa shape index (κ2) is 5.02. The van der Waals surface area contributed by atoms with Crippen LogP contribution < -0.4 is 11.5 Å². The lowest BCUT2D eigenvalue weighted by atomic mass is 9.99. The van der Waals surface area contributed by atoms with Crippen LogP contribution in [0.2, 0.25) is 0 Å². The molecule has 0 radical (unpaired) electrons. The first kappa shape index (κ1) is 11.1. The predicted molar refractivity (Wildman–Crippen MR) is 51.7 cm³/mol. The van der Waals surface area contributed by atoms with Crippen LogP contribution in [0.4, 0.5) is 8.78 Å². The van der Waals surface area contributed by atoms with Gasteiger partial charge >= 0.3 is 0 Å². The minimum Gasteiger partial charge on any atom is -0.330 e. The molecule has 0 aromatic heterocycles. The van der Waals surface area contributed by atoms with Gasteiger partial charge in [-0.1, -0.05) is 6.07 Å². The fraction of sp³-hybridized carbons (Fsp3) is 0.400. The van der Waals surface area contributed by atoms with Gasteiger partial charge in [0.15, 0.2) is 0 Å². The maximum absolute atomic E-state index is 13.2. The van der Waals surface area contributed by atoms with Gasteiger partial charge in [-0.25, -0.2) is 8.78 Å². The molecule has 14 heavy (non-hydrogen) atoms. The average Bonchev–Trinajstić information content (AvgIpc) is 2.18. The van der Waals surface area contributed by atoms with Crippen LogP contribution in [-0.4, -0.2) is 13.1 Å². The molecule has 0 aliphatic heterocycles. The number of hydrogen-bond acceptors (Lipinski definition) is 2. The maximum atomic E-state index is 13.2. The molecule has 0 unspecified atom stereocenters. The molecule has 1 aromatic rings. The quantitative estimate of drug-likeness (QED) is 0.763. The first-order valence-electron chi connectivity index (χ1n) is 4.52. The molecule has 0 bridgehead atoms. The summed E-state index contributed by atoms with van der Waals surface area (Å²) in [5.74, 6) is -1.13. The molecule has 0 aliphatic carbocycles. The van der Waals surface area contributed by atoms with Gasteiger partial charge in [-0.2, -0.15) is 0 Å². The van der Waals surface area contributed by atoms with Gasteiger partial charge in [0.25, 0.3) is 0 Å². The van der Waals surface area contributed by atoms with Crippen LogP contribution in [0.15, 0.2) is 18.2 Å². The van der Waals surface area contributed by atoms with Crippen molar-refractivity contribution in [3.05, 3.63) is 35.4 Å². The summed E-state index contributed by atoms with van der Waals surface area (Å²) in [6.45, 7) is 0.675. The van der Waals surface area contributed by atoms with E-state index in [9.17, 15) is 8.78 Å². The molecule has 78 valence electrons. The van der Waals surface area contributed by atoms with Crippen molar-refractivity contribution >= 4 is 0 Å². The minimum atomic E-state index is -0.531. The molecule has 1 rings (SSSR count). The van der Waals surface area contributed by atoms with E-state index in [4.69, 9.17) is 11.5 Å². The molecule has 1 aromatic carbocycles. The van der Waals surface area contributed by atoms with E-state index in [0.717, 1.165) is 0 Å². The number of halogens is 2. The monoisotopic (exact) mass is 200 g/mol. The average molecular weight is 200 g/mol. The van der Waals surface area contributed by atoms with E-state index in [1.807, 2.05) is 0 Å². The third-order valence-electron chi connectivity index (χ3n) is 2.22. The third-order valence-corrected chi connectivity index (χ3v) is 2.22. The second-order valence-corrected chi connectivity index (χ2v) is 3.24. The highest BCUT2D eigenvalue weighted by atomic mass is 19.1. The molecule has 4 heteroatoms. The summed E-state index contributed by atoms with van der Waals surface area (Å²) in [6.07, 6.45) is 0.255. The van der Waals surface area contributed by atoms with Crippen molar-refractivity contribution in [3.8, 4) is 0 Å². The van der Waals surface area contributed by atoms with E-state index in [0.29, 0.717) is 13.1 Å². The molecule has 0 amide bonds. The molecule has 0 fully saturated rings. The van der Waals surface area contributed by atoms with E-state index < -0.39 is 11.6 Å². The predicted octanol–water partition coefficient (Wildman–Crippen LogP) is 1.04. The van der Waals surface area contributed by atoms with Crippen molar-refractivity contribution in [2.45, 2.75) is 6.42 Å². The van der Waals surface area contributed by atoms with Gasteiger partial charge in [-0.05, 0) is 37.6 Å². The Kier molecular flexibility index (Phi) is 3.98. The summed E-state index contributed by atoms with van der Waals surface area (Å²) < 4.78 is 26.3. The highest BCUT2D eigenvalue weighted by Gasteiger charge is 2.13. The van der Waals surface area contributed by atoms with Crippen LogP contribution in [-0.2, 0) is 6.42 Å². The lowest BCUT2D eigenvalue weighted by molar-refractivity contribution is 0.494. The molecule has 0 spiro atoms. The van der Waals surface area contributed by atoms with Gasteiger partial charge in [0.1, 0.15) is 11.6 Å². The SMILES string of the molecule is NCC(CN)Cc1c(F)cccc1F. The number of benzene rings is 1. The number of rotatable bonds is 4. The van der Waals surface area contributed by atoms with E-state index in [1.54, 1.807) is 0 Å². The second-order valence-electron chi connectivity index (χ2n) is 3.24. The first-order chi connectivity index (χ1) is 6.69. The van der Waals surface area contributed by atoms with Crippen molar-refractivity contribution in [2.75, 3.05) is 13.1 Å². The smallest absolute Gasteiger partial charge is 0.129 e. The Balaban J connectivity index is 2.84. The summed E-state index contributed by atoms with van der Waals surface area (Å²) >= 11 is 0. The highest BCUT2D eigenvalue weighted by molar-refractivity contribution is 5.20. The van der Waals surface area contributed by atoms with Crippen molar-refractivity contribution in [1.29, 1.82) is 0 Å². The Morgan fingerprint density at radius 1 is 1.07 bits per heavy atom. The Hall–Kier alpha value is -1.00. The lowest BCUT2D eigenvalue weighted by Gasteiger charge is -2.12. The summed E-state index contributed by atoms with van der Waals surface area (Å²) in [6, 6.07) is 3.82. The van der Waals surface area contributed by atoms with E-state index in [-0.39, 0.29) is 17.9 Å². The normalized spacial score (nSPS) is 10.9. The zero-order chi connectivity index (χ0) is 10.6.